The molecule has 5 aromatic rings. The second kappa shape index (κ2) is 10.0. The number of rotatable bonds is 4. The van der Waals surface area contributed by atoms with E-state index >= 15 is 0 Å². The Balaban J connectivity index is 1.40. The van der Waals surface area contributed by atoms with Crippen LogP contribution in [-0.4, -0.2) is 26.2 Å². The minimum absolute atomic E-state index is 0.392. The molecule has 4 N–H and O–H groups in total. The quantitative estimate of drug-likeness (QED) is 0.187. The molecule has 8 nitrogen and oxygen atoms in total. The van der Waals surface area contributed by atoms with Gasteiger partial charge >= 0.3 is 6.09 Å². The summed E-state index contributed by atoms with van der Waals surface area (Å²) in [6.45, 7) is 5.63. The molecule has 0 saturated heterocycles. The van der Waals surface area contributed by atoms with E-state index in [1.165, 1.54) is 0 Å². The van der Waals surface area contributed by atoms with Gasteiger partial charge in [0.2, 0.25) is 0 Å². The van der Waals surface area contributed by atoms with Crippen LogP contribution in [0.3, 0.4) is 0 Å². The number of imidazole rings is 1. The van der Waals surface area contributed by atoms with Crippen molar-refractivity contribution in [3.63, 3.8) is 0 Å². The van der Waals surface area contributed by atoms with E-state index in [1.807, 2.05) is 69.3 Å². The molecule has 3 heterocycles. The third kappa shape index (κ3) is 4.78. The van der Waals surface area contributed by atoms with Gasteiger partial charge in [-0.15, -0.1) is 0 Å². The summed E-state index contributed by atoms with van der Waals surface area (Å²) < 4.78 is 7.79. The molecule has 216 valence electrons. The van der Waals surface area contributed by atoms with Gasteiger partial charge in [0.05, 0.1) is 28.3 Å². The van der Waals surface area contributed by atoms with Crippen molar-refractivity contribution in [2.45, 2.75) is 51.2 Å². The summed E-state index contributed by atoms with van der Waals surface area (Å²) in [6, 6.07) is 28.4. The number of carbonyl (C=O) groups is 1. The summed E-state index contributed by atoms with van der Waals surface area (Å²) in [7, 11) is 0. The van der Waals surface area contributed by atoms with Crippen molar-refractivity contribution in [3.8, 4) is 39.6 Å². The van der Waals surface area contributed by atoms with Crippen molar-refractivity contribution < 1.29 is 9.53 Å². The highest BCUT2D eigenvalue weighted by Crippen LogP contribution is 2.46. The van der Waals surface area contributed by atoms with Gasteiger partial charge in [0.25, 0.3) is 0 Å². The number of anilines is 3. The van der Waals surface area contributed by atoms with E-state index in [2.05, 4.69) is 51.6 Å². The summed E-state index contributed by atoms with van der Waals surface area (Å²) in [4.78, 5) is 22.7. The molecule has 0 unspecified atom stereocenters. The van der Waals surface area contributed by atoms with Crippen molar-refractivity contribution in [2.24, 2.45) is 0 Å². The van der Waals surface area contributed by atoms with Gasteiger partial charge in [0.1, 0.15) is 11.4 Å². The Morgan fingerprint density at radius 1 is 0.977 bits per heavy atom. The van der Waals surface area contributed by atoms with Crippen LogP contribution in [0.15, 0.2) is 91.1 Å². The smallest absolute Gasteiger partial charge is 0.408 e. The number of nitrogens with two attached hydrogens (primary N) is 1. The number of nitrogen functional groups attached to an aromatic ring is 1. The fourth-order valence-corrected chi connectivity index (χ4v) is 6.04. The maximum Gasteiger partial charge on any atom is 0.408 e. The maximum atomic E-state index is 12.8. The average molecular weight is 571 g/mol. The standard InChI is InChI=1S/C35H34N6O2/c1-34(2,3)43-33(42)40-35(18-8-19-35)24-16-14-22(15-17-24)30-29(23-9-6-10-25(36)21-23)39-32-26-11-4-5-12-27(26)38-31-28(41(30)32)13-7-20-37-31/h4-7,9-17,20-21H,8,18-19,36H2,1-3H3,(H,37,38)(H,40,42). The second-order valence-corrected chi connectivity index (χ2v) is 12.3. The normalized spacial score (nSPS) is 14.7. The van der Waals surface area contributed by atoms with Crippen LogP contribution in [0.25, 0.3) is 39.6 Å². The van der Waals surface area contributed by atoms with Crippen molar-refractivity contribution in [1.82, 2.24) is 19.9 Å². The first kappa shape index (κ1) is 26.8. The molecule has 43 heavy (non-hydrogen) atoms. The lowest BCUT2D eigenvalue weighted by Gasteiger charge is -2.43. The minimum atomic E-state index is -0.561. The van der Waals surface area contributed by atoms with Crippen LogP contribution in [0.5, 0.6) is 0 Å². The van der Waals surface area contributed by atoms with E-state index in [1.54, 1.807) is 6.20 Å². The number of carbonyl (C=O) groups excluding carboxylic acids is 1. The topological polar surface area (TPSA) is 107 Å². The number of ether oxygens (including phenoxy) is 1. The zero-order valence-electron chi connectivity index (χ0n) is 24.5. The number of para-hydroxylation sites is 1. The lowest BCUT2D eigenvalue weighted by Crippen LogP contribution is -2.52. The van der Waals surface area contributed by atoms with Gasteiger partial charge in [-0.3, -0.25) is 4.57 Å². The van der Waals surface area contributed by atoms with Crippen molar-refractivity contribution >= 4 is 23.3 Å². The van der Waals surface area contributed by atoms with Crippen molar-refractivity contribution in [3.05, 3.63) is 96.7 Å². The van der Waals surface area contributed by atoms with Gasteiger partial charge in [-0.1, -0.05) is 48.5 Å². The maximum absolute atomic E-state index is 12.8. The fraction of sp³-hybridized carbons (Fsp3) is 0.229. The molecule has 0 bridgehead atoms. The highest BCUT2D eigenvalue weighted by atomic mass is 16.6. The van der Waals surface area contributed by atoms with Crippen LogP contribution in [0.2, 0.25) is 0 Å². The molecule has 7 rings (SSSR count). The molecule has 8 heteroatoms. The molecule has 2 aromatic heterocycles. The molecule has 0 atom stereocenters. The second-order valence-electron chi connectivity index (χ2n) is 12.3. The number of benzene rings is 3. The number of pyridine rings is 1. The number of hydrogen-bond acceptors (Lipinski definition) is 6. The Morgan fingerprint density at radius 2 is 1.77 bits per heavy atom. The Hall–Kier alpha value is -5.11. The zero-order chi connectivity index (χ0) is 29.8. The number of alkyl carbamates (subject to hydrolysis) is 1. The Morgan fingerprint density at radius 3 is 2.49 bits per heavy atom. The molecule has 0 radical (unpaired) electrons. The highest BCUT2D eigenvalue weighted by Gasteiger charge is 2.41. The first-order chi connectivity index (χ1) is 20.7. The lowest BCUT2D eigenvalue weighted by atomic mass is 9.71. The molecule has 1 aliphatic carbocycles. The van der Waals surface area contributed by atoms with E-state index in [0.717, 1.165) is 75.9 Å². The first-order valence-electron chi connectivity index (χ1n) is 14.6. The van der Waals surface area contributed by atoms with E-state index < -0.39 is 17.2 Å². The largest absolute Gasteiger partial charge is 0.444 e. The van der Waals surface area contributed by atoms with E-state index in [-0.39, 0.29) is 0 Å². The molecule has 1 aliphatic heterocycles. The van der Waals surface area contributed by atoms with Crippen molar-refractivity contribution in [2.75, 3.05) is 11.1 Å². The van der Waals surface area contributed by atoms with Gasteiger partial charge in [0, 0.05) is 28.6 Å². The van der Waals surface area contributed by atoms with Crippen LogP contribution >= 0.6 is 0 Å². The van der Waals surface area contributed by atoms with E-state index in [9.17, 15) is 4.79 Å². The molecule has 1 amide bonds. The number of hydrogen-bond donors (Lipinski definition) is 3. The fourth-order valence-electron chi connectivity index (χ4n) is 6.04. The molecular weight excluding hydrogens is 536 g/mol. The molecule has 1 saturated carbocycles. The van der Waals surface area contributed by atoms with Crippen LogP contribution in [0.4, 0.5) is 22.0 Å². The SMILES string of the molecule is CC(C)(C)OC(=O)NC1(c2ccc(-c3c(-c4cccc(N)c4)nc4n3-c3cccnc3Nc3ccccc3-4)cc2)CCC1. The predicted molar refractivity (Wildman–Crippen MR) is 170 cm³/mol. The average Bonchev–Trinajstić information content (AvgIpc) is 3.29. The summed E-state index contributed by atoms with van der Waals surface area (Å²) in [6.07, 6.45) is 4.17. The molecule has 2 aliphatic rings. The van der Waals surface area contributed by atoms with Gasteiger partial charge in [-0.05, 0) is 82.0 Å². The van der Waals surface area contributed by atoms with Crippen LogP contribution in [0, 0.1) is 0 Å². The Bertz CT molecular complexity index is 1850. The van der Waals surface area contributed by atoms with Crippen molar-refractivity contribution in [1.29, 1.82) is 0 Å². The minimum Gasteiger partial charge on any atom is -0.444 e. The third-order valence-corrected chi connectivity index (χ3v) is 8.14. The summed E-state index contributed by atoms with van der Waals surface area (Å²) in [5.41, 5.74) is 13.5. The number of amides is 1. The zero-order valence-corrected chi connectivity index (χ0v) is 24.5. The summed E-state index contributed by atoms with van der Waals surface area (Å²) >= 11 is 0. The number of nitrogens with one attached hydrogen (secondary N) is 2. The van der Waals surface area contributed by atoms with Crippen LogP contribution in [0.1, 0.15) is 45.6 Å². The monoisotopic (exact) mass is 570 g/mol. The van der Waals surface area contributed by atoms with Gasteiger partial charge in [-0.25, -0.2) is 14.8 Å². The van der Waals surface area contributed by atoms with Gasteiger partial charge in [-0.2, -0.15) is 0 Å². The highest BCUT2D eigenvalue weighted by molar-refractivity contribution is 5.91. The Kier molecular flexibility index (Phi) is 6.23. The molecule has 1 fully saturated rings. The summed E-state index contributed by atoms with van der Waals surface area (Å²) in [5, 5.41) is 6.69. The van der Waals surface area contributed by atoms with Crippen LogP contribution < -0.4 is 16.4 Å². The van der Waals surface area contributed by atoms with Crippen LogP contribution in [-0.2, 0) is 10.3 Å². The number of fused-ring (bicyclic) bond motifs is 5. The molecule has 0 spiro atoms. The van der Waals surface area contributed by atoms with E-state index in [4.69, 9.17) is 20.4 Å². The lowest BCUT2D eigenvalue weighted by molar-refractivity contribution is 0.0377. The third-order valence-electron chi connectivity index (χ3n) is 8.14. The Labute approximate surface area is 251 Å². The van der Waals surface area contributed by atoms with Gasteiger partial charge < -0.3 is 21.1 Å². The first-order valence-corrected chi connectivity index (χ1v) is 14.6. The molecular formula is C35H34N6O2. The number of nitrogens with zero attached hydrogens (tertiary/aromatic N) is 3. The predicted octanol–water partition coefficient (Wildman–Crippen LogP) is 7.81. The molecule has 3 aromatic carbocycles. The van der Waals surface area contributed by atoms with Gasteiger partial charge in [0.15, 0.2) is 5.82 Å². The summed E-state index contributed by atoms with van der Waals surface area (Å²) in [5.74, 6) is 1.56. The number of aromatic nitrogens is 3. The van der Waals surface area contributed by atoms with E-state index in [0.29, 0.717) is 5.69 Å².